The van der Waals surface area contributed by atoms with Gasteiger partial charge in [0.25, 0.3) is 0 Å². The van der Waals surface area contributed by atoms with Crippen molar-refractivity contribution in [3.63, 3.8) is 0 Å². The lowest BCUT2D eigenvalue weighted by molar-refractivity contribution is 0.0594. The van der Waals surface area contributed by atoms with E-state index in [-0.39, 0.29) is 18.1 Å². The van der Waals surface area contributed by atoms with Gasteiger partial charge in [0.2, 0.25) is 0 Å². The second-order valence-corrected chi connectivity index (χ2v) is 5.30. The molecule has 0 saturated heterocycles. The largest absolute Gasteiger partial charge is 0.497 e. The van der Waals surface area contributed by atoms with E-state index in [0.29, 0.717) is 28.0 Å². The van der Waals surface area contributed by atoms with Gasteiger partial charge in [0.1, 0.15) is 23.9 Å². The Labute approximate surface area is 144 Å². The highest BCUT2D eigenvalue weighted by Gasteiger charge is 2.14. The fourth-order valence-electron chi connectivity index (χ4n) is 2.42. The van der Waals surface area contributed by atoms with Gasteiger partial charge in [0.15, 0.2) is 5.69 Å². The molecule has 0 aliphatic carbocycles. The van der Waals surface area contributed by atoms with Crippen LogP contribution in [-0.4, -0.2) is 25.2 Å². The van der Waals surface area contributed by atoms with Crippen molar-refractivity contribution in [1.82, 2.24) is 4.98 Å². The smallest absolute Gasteiger partial charge is 0.356 e. The number of esters is 1. The molecule has 3 rings (SSSR count). The lowest BCUT2D eigenvalue weighted by Gasteiger charge is -2.12. The van der Waals surface area contributed by atoms with E-state index in [4.69, 9.17) is 14.2 Å². The minimum Gasteiger partial charge on any atom is -0.497 e. The molecule has 2 aromatic carbocycles. The van der Waals surface area contributed by atoms with Crippen LogP contribution in [0.25, 0.3) is 10.9 Å². The maximum absolute atomic E-state index is 13.3. The molecule has 0 fully saturated rings. The van der Waals surface area contributed by atoms with Crippen LogP contribution in [0.4, 0.5) is 4.39 Å². The monoisotopic (exact) mass is 341 g/mol. The molecule has 1 heterocycles. The molecule has 0 unspecified atom stereocenters. The molecule has 0 N–H and O–H groups in total. The summed E-state index contributed by atoms with van der Waals surface area (Å²) < 4.78 is 29.1. The lowest BCUT2D eigenvalue weighted by atomic mass is 10.1. The summed E-state index contributed by atoms with van der Waals surface area (Å²) in [5.41, 5.74) is 1.37. The van der Waals surface area contributed by atoms with Gasteiger partial charge in [-0.1, -0.05) is 12.1 Å². The summed E-state index contributed by atoms with van der Waals surface area (Å²) in [6, 6.07) is 12.9. The van der Waals surface area contributed by atoms with E-state index in [1.807, 2.05) is 0 Å². The van der Waals surface area contributed by atoms with E-state index < -0.39 is 5.97 Å². The van der Waals surface area contributed by atoms with Gasteiger partial charge in [-0.15, -0.1) is 0 Å². The molecule has 25 heavy (non-hydrogen) atoms. The predicted octanol–water partition coefficient (Wildman–Crippen LogP) is 3.75. The van der Waals surface area contributed by atoms with Crippen molar-refractivity contribution >= 4 is 16.9 Å². The van der Waals surface area contributed by atoms with Crippen LogP contribution in [0.3, 0.4) is 0 Å². The summed E-state index contributed by atoms with van der Waals surface area (Å²) >= 11 is 0. The van der Waals surface area contributed by atoms with Crippen molar-refractivity contribution in [3.8, 4) is 11.5 Å². The number of carbonyl (C=O) groups is 1. The van der Waals surface area contributed by atoms with Crippen LogP contribution in [0, 0.1) is 5.82 Å². The van der Waals surface area contributed by atoms with Gasteiger partial charge < -0.3 is 14.2 Å². The average Bonchev–Trinajstić information content (AvgIpc) is 2.64. The first-order valence-electron chi connectivity index (χ1n) is 7.55. The Bertz CT molecular complexity index is 926. The summed E-state index contributed by atoms with van der Waals surface area (Å²) in [5, 5.41) is 0.684. The molecule has 0 radical (unpaired) electrons. The van der Waals surface area contributed by atoms with E-state index in [1.54, 1.807) is 37.4 Å². The summed E-state index contributed by atoms with van der Waals surface area (Å²) in [7, 11) is 2.85. The topological polar surface area (TPSA) is 57.7 Å². The number of hydrogen-bond acceptors (Lipinski definition) is 5. The molecule has 6 heteroatoms. The van der Waals surface area contributed by atoms with Gasteiger partial charge in [0.05, 0.1) is 19.7 Å². The zero-order valence-electron chi connectivity index (χ0n) is 13.8. The van der Waals surface area contributed by atoms with Gasteiger partial charge in [-0.2, -0.15) is 0 Å². The van der Waals surface area contributed by atoms with Crippen LogP contribution >= 0.6 is 0 Å². The minimum absolute atomic E-state index is 0.134. The molecule has 1 aromatic heterocycles. The zero-order valence-corrected chi connectivity index (χ0v) is 13.8. The molecule has 128 valence electrons. The second kappa shape index (κ2) is 7.17. The molecule has 0 spiro atoms. The molecule has 0 aliphatic heterocycles. The quantitative estimate of drug-likeness (QED) is 0.662. The first kappa shape index (κ1) is 16.7. The SMILES string of the molecule is COC(=O)c1cc(OCc2cccc(F)c2)c2cc(OC)ccc2n1. The Balaban J connectivity index is 2.01. The number of halogens is 1. The number of pyridine rings is 1. The first-order chi connectivity index (χ1) is 12.1. The highest BCUT2D eigenvalue weighted by molar-refractivity contribution is 5.94. The Morgan fingerprint density at radius 3 is 2.68 bits per heavy atom. The van der Waals surface area contributed by atoms with Crippen molar-refractivity contribution in [2.24, 2.45) is 0 Å². The predicted molar refractivity (Wildman–Crippen MR) is 90.4 cm³/mol. The van der Waals surface area contributed by atoms with Crippen molar-refractivity contribution in [3.05, 3.63) is 65.6 Å². The normalized spacial score (nSPS) is 10.5. The molecule has 0 aliphatic rings. The van der Waals surface area contributed by atoms with Crippen molar-refractivity contribution in [1.29, 1.82) is 0 Å². The number of ether oxygens (including phenoxy) is 3. The van der Waals surface area contributed by atoms with Crippen molar-refractivity contribution in [2.75, 3.05) is 14.2 Å². The fourth-order valence-corrected chi connectivity index (χ4v) is 2.42. The summed E-state index contributed by atoms with van der Waals surface area (Å²) in [4.78, 5) is 16.1. The number of benzene rings is 2. The van der Waals surface area contributed by atoms with Gasteiger partial charge >= 0.3 is 5.97 Å². The standard InChI is InChI=1S/C19H16FNO4/c1-23-14-6-7-16-15(9-14)18(10-17(21-16)19(22)24-2)25-11-12-4-3-5-13(20)8-12/h3-10H,11H2,1-2H3. The van der Waals surface area contributed by atoms with E-state index in [2.05, 4.69) is 4.98 Å². The fraction of sp³-hybridized carbons (Fsp3) is 0.158. The van der Waals surface area contributed by atoms with Crippen molar-refractivity contribution < 1.29 is 23.4 Å². The molecular weight excluding hydrogens is 325 g/mol. The number of fused-ring (bicyclic) bond motifs is 1. The maximum Gasteiger partial charge on any atom is 0.356 e. The Kier molecular flexibility index (Phi) is 4.79. The van der Waals surface area contributed by atoms with Gasteiger partial charge in [-0.25, -0.2) is 14.2 Å². The van der Waals surface area contributed by atoms with E-state index >= 15 is 0 Å². The number of aromatic nitrogens is 1. The average molecular weight is 341 g/mol. The van der Waals surface area contributed by atoms with Crippen LogP contribution < -0.4 is 9.47 Å². The number of nitrogens with zero attached hydrogens (tertiary/aromatic N) is 1. The molecular formula is C19H16FNO4. The van der Waals surface area contributed by atoms with Crippen LogP contribution in [0.5, 0.6) is 11.5 Å². The van der Waals surface area contributed by atoms with E-state index in [1.165, 1.54) is 25.3 Å². The second-order valence-electron chi connectivity index (χ2n) is 5.30. The highest BCUT2D eigenvalue weighted by atomic mass is 19.1. The maximum atomic E-state index is 13.3. The zero-order chi connectivity index (χ0) is 17.8. The Morgan fingerprint density at radius 2 is 1.96 bits per heavy atom. The van der Waals surface area contributed by atoms with Crippen LogP contribution in [0.2, 0.25) is 0 Å². The Hall–Kier alpha value is -3.15. The van der Waals surface area contributed by atoms with E-state index in [0.717, 1.165) is 0 Å². The van der Waals surface area contributed by atoms with Crippen molar-refractivity contribution in [2.45, 2.75) is 6.61 Å². The lowest BCUT2D eigenvalue weighted by Crippen LogP contribution is -2.06. The number of methoxy groups -OCH3 is 2. The van der Waals surface area contributed by atoms with Crippen LogP contribution in [0.1, 0.15) is 16.1 Å². The van der Waals surface area contributed by atoms with Crippen LogP contribution in [-0.2, 0) is 11.3 Å². The molecule has 3 aromatic rings. The number of carbonyl (C=O) groups excluding carboxylic acids is 1. The van der Waals surface area contributed by atoms with Crippen LogP contribution in [0.15, 0.2) is 48.5 Å². The molecule has 0 atom stereocenters. The molecule has 0 amide bonds. The number of rotatable bonds is 5. The molecule has 0 saturated carbocycles. The third-order valence-electron chi connectivity index (χ3n) is 3.66. The summed E-state index contributed by atoms with van der Waals surface area (Å²) in [6.45, 7) is 0.148. The van der Waals surface area contributed by atoms with E-state index in [9.17, 15) is 9.18 Å². The molecule has 5 nitrogen and oxygen atoms in total. The van der Waals surface area contributed by atoms with Gasteiger partial charge in [-0.05, 0) is 35.9 Å². The highest BCUT2D eigenvalue weighted by Crippen LogP contribution is 2.30. The Morgan fingerprint density at radius 1 is 1.12 bits per heavy atom. The summed E-state index contributed by atoms with van der Waals surface area (Å²) in [6.07, 6.45) is 0. The number of hydrogen-bond donors (Lipinski definition) is 0. The third-order valence-corrected chi connectivity index (χ3v) is 3.66. The molecule has 0 bridgehead atoms. The summed E-state index contributed by atoms with van der Waals surface area (Å²) in [5.74, 6) is 0.176. The third kappa shape index (κ3) is 3.68. The first-order valence-corrected chi connectivity index (χ1v) is 7.55. The minimum atomic E-state index is -0.562. The van der Waals surface area contributed by atoms with Gasteiger partial charge in [-0.3, -0.25) is 0 Å². The van der Waals surface area contributed by atoms with Gasteiger partial charge in [0, 0.05) is 11.5 Å².